The Morgan fingerprint density at radius 2 is 1.40 bits per heavy atom. The molecular formula is C36H41N3O5S. The summed E-state index contributed by atoms with van der Waals surface area (Å²) in [6.45, 7) is 7.37. The minimum Gasteiger partial charge on any atom is -0.492 e. The van der Waals surface area contributed by atoms with E-state index < -0.39 is 28.5 Å². The fraction of sp³-hybridized carbons (Fsp3) is 0.278. The van der Waals surface area contributed by atoms with E-state index in [0.29, 0.717) is 12.4 Å². The van der Waals surface area contributed by atoms with Gasteiger partial charge in [-0.1, -0.05) is 90.5 Å². The standard InChI is InChI=1S/C36H41N3O5S/c1-5-44-34-19-13-12-18-32(34)39(45(42,43)31-16-10-7-11-17-31)26-35(40)38(25-30-22-20-28(4)21-23-30)33(36(41)37-27(2)3)24-29-14-8-6-9-15-29/h6-23,27,33H,5,24-26H2,1-4H3,(H,37,41)/t33-/m1/s1. The van der Waals surface area contributed by atoms with E-state index >= 15 is 0 Å². The van der Waals surface area contributed by atoms with Crippen LogP contribution in [0.25, 0.3) is 0 Å². The van der Waals surface area contributed by atoms with Crippen LogP contribution in [0.2, 0.25) is 0 Å². The van der Waals surface area contributed by atoms with Gasteiger partial charge in [0.2, 0.25) is 11.8 Å². The van der Waals surface area contributed by atoms with Gasteiger partial charge in [0.15, 0.2) is 0 Å². The molecule has 0 aliphatic heterocycles. The SMILES string of the molecule is CCOc1ccccc1N(CC(=O)N(Cc1ccc(C)cc1)[C@H](Cc1ccccc1)C(=O)NC(C)C)S(=O)(=O)c1ccccc1. The van der Waals surface area contributed by atoms with Crippen molar-refractivity contribution < 1.29 is 22.7 Å². The van der Waals surface area contributed by atoms with Crippen LogP contribution in [-0.2, 0) is 32.6 Å². The summed E-state index contributed by atoms with van der Waals surface area (Å²) in [4.78, 5) is 29.9. The van der Waals surface area contributed by atoms with Gasteiger partial charge in [-0.05, 0) is 63.1 Å². The van der Waals surface area contributed by atoms with Crippen LogP contribution in [0.3, 0.4) is 0 Å². The molecule has 9 heteroatoms. The Hall–Kier alpha value is -4.63. The minimum atomic E-state index is -4.22. The first-order valence-corrected chi connectivity index (χ1v) is 16.5. The van der Waals surface area contributed by atoms with Gasteiger partial charge in [0.05, 0.1) is 17.2 Å². The number of hydrogen-bond acceptors (Lipinski definition) is 5. The van der Waals surface area contributed by atoms with E-state index in [2.05, 4.69) is 5.32 Å². The lowest BCUT2D eigenvalue weighted by molar-refractivity contribution is -0.140. The smallest absolute Gasteiger partial charge is 0.264 e. The molecule has 236 valence electrons. The summed E-state index contributed by atoms with van der Waals surface area (Å²) in [6, 6.07) is 30.9. The number of nitrogens with zero attached hydrogens (tertiary/aromatic N) is 2. The second-order valence-electron chi connectivity index (χ2n) is 11.1. The number of ether oxygens (including phenoxy) is 1. The lowest BCUT2D eigenvalue weighted by Crippen LogP contribution is -2.54. The van der Waals surface area contributed by atoms with Gasteiger partial charge in [-0.15, -0.1) is 0 Å². The average Bonchev–Trinajstić information content (AvgIpc) is 3.03. The molecule has 0 bridgehead atoms. The number of carbonyl (C=O) groups excluding carboxylic acids is 2. The van der Waals surface area contributed by atoms with Crippen LogP contribution in [0, 0.1) is 6.92 Å². The van der Waals surface area contributed by atoms with Crippen molar-refractivity contribution in [3.8, 4) is 5.75 Å². The average molecular weight is 628 g/mol. The third-order valence-electron chi connectivity index (χ3n) is 7.22. The zero-order chi connectivity index (χ0) is 32.4. The maximum atomic E-state index is 14.6. The first-order valence-electron chi connectivity index (χ1n) is 15.1. The van der Waals surface area contributed by atoms with Crippen LogP contribution in [0.15, 0.2) is 114 Å². The van der Waals surface area contributed by atoms with E-state index in [1.165, 1.54) is 17.0 Å². The van der Waals surface area contributed by atoms with E-state index in [1.807, 2.05) is 82.3 Å². The number of amides is 2. The number of sulfonamides is 1. The van der Waals surface area contributed by atoms with Crippen molar-refractivity contribution in [3.05, 3.63) is 126 Å². The summed E-state index contributed by atoms with van der Waals surface area (Å²) in [5, 5.41) is 2.98. The maximum absolute atomic E-state index is 14.6. The van der Waals surface area contributed by atoms with Crippen molar-refractivity contribution in [3.63, 3.8) is 0 Å². The predicted molar refractivity (Wildman–Crippen MR) is 178 cm³/mol. The van der Waals surface area contributed by atoms with Crippen molar-refractivity contribution in [1.29, 1.82) is 0 Å². The predicted octanol–water partition coefficient (Wildman–Crippen LogP) is 5.75. The van der Waals surface area contributed by atoms with Gasteiger partial charge in [0.25, 0.3) is 10.0 Å². The summed E-state index contributed by atoms with van der Waals surface area (Å²) in [7, 11) is -4.22. The number of benzene rings is 4. The Bertz CT molecular complexity index is 1660. The van der Waals surface area contributed by atoms with Crippen molar-refractivity contribution in [2.75, 3.05) is 17.5 Å². The van der Waals surface area contributed by atoms with Gasteiger partial charge in [-0.25, -0.2) is 8.42 Å². The number of hydrogen-bond donors (Lipinski definition) is 1. The number of aryl methyl sites for hydroxylation is 1. The number of rotatable bonds is 14. The zero-order valence-electron chi connectivity index (χ0n) is 26.2. The first-order chi connectivity index (χ1) is 21.6. The molecule has 4 aromatic carbocycles. The van der Waals surface area contributed by atoms with Crippen molar-refractivity contribution in [2.45, 2.75) is 57.6 Å². The van der Waals surface area contributed by atoms with Gasteiger partial charge in [0, 0.05) is 19.0 Å². The summed E-state index contributed by atoms with van der Waals surface area (Å²) in [5.74, 6) is -0.515. The van der Waals surface area contributed by atoms with Crippen molar-refractivity contribution in [1.82, 2.24) is 10.2 Å². The molecule has 0 spiro atoms. The Labute approximate surface area is 266 Å². The molecule has 1 atom stereocenters. The topological polar surface area (TPSA) is 96.0 Å². The van der Waals surface area contributed by atoms with Crippen LogP contribution >= 0.6 is 0 Å². The molecule has 8 nitrogen and oxygen atoms in total. The van der Waals surface area contributed by atoms with Crippen LogP contribution in [0.5, 0.6) is 5.75 Å². The van der Waals surface area contributed by atoms with Crippen molar-refractivity contribution in [2.24, 2.45) is 0 Å². The highest BCUT2D eigenvalue weighted by molar-refractivity contribution is 7.92. The van der Waals surface area contributed by atoms with Crippen LogP contribution in [-0.4, -0.2) is 50.4 Å². The van der Waals surface area contributed by atoms with Gasteiger partial charge >= 0.3 is 0 Å². The molecule has 0 fully saturated rings. The number of carbonyl (C=O) groups is 2. The van der Waals surface area contributed by atoms with Gasteiger partial charge in [-0.2, -0.15) is 0 Å². The first kappa shape index (κ1) is 33.3. The molecule has 0 radical (unpaired) electrons. The van der Waals surface area contributed by atoms with Gasteiger partial charge < -0.3 is 15.0 Å². The highest BCUT2D eigenvalue weighted by Crippen LogP contribution is 2.33. The number of para-hydroxylation sites is 2. The Kier molecular flexibility index (Phi) is 11.4. The van der Waals surface area contributed by atoms with Crippen molar-refractivity contribution >= 4 is 27.5 Å². The lowest BCUT2D eigenvalue weighted by Gasteiger charge is -2.34. The van der Waals surface area contributed by atoms with Gasteiger partial charge in [-0.3, -0.25) is 13.9 Å². The number of nitrogens with one attached hydrogen (secondary N) is 1. The molecule has 0 heterocycles. The lowest BCUT2D eigenvalue weighted by atomic mass is 10.0. The van der Waals surface area contributed by atoms with E-state index in [4.69, 9.17) is 4.74 Å². The fourth-order valence-corrected chi connectivity index (χ4v) is 6.44. The van der Waals surface area contributed by atoms with E-state index in [-0.39, 0.29) is 35.5 Å². The minimum absolute atomic E-state index is 0.0348. The summed E-state index contributed by atoms with van der Waals surface area (Å²) >= 11 is 0. The molecule has 0 aliphatic rings. The molecule has 4 aromatic rings. The molecule has 45 heavy (non-hydrogen) atoms. The zero-order valence-corrected chi connectivity index (χ0v) is 27.0. The quantitative estimate of drug-likeness (QED) is 0.192. The van der Waals surface area contributed by atoms with Crippen LogP contribution in [0.1, 0.15) is 37.5 Å². The van der Waals surface area contributed by atoms with E-state index in [9.17, 15) is 18.0 Å². The molecule has 1 N–H and O–H groups in total. The Balaban J connectivity index is 1.83. The normalized spacial score (nSPS) is 11.9. The summed E-state index contributed by atoms with van der Waals surface area (Å²) < 4.78 is 35.3. The summed E-state index contributed by atoms with van der Waals surface area (Å²) in [6.07, 6.45) is 0.248. The summed E-state index contributed by atoms with van der Waals surface area (Å²) in [5.41, 5.74) is 2.98. The molecule has 0 saturated heterocycles. The third kappa shape index (κ3) is 8.73. The molecular weight excluding hydrogens is 586 g/mol. The van der Waals surface area contributed by atoms with Gasteiger partial charge in [0.1, 0.15) is 18.3 Å². The Morgan fingerprint density at radius 1 is 0.800 bits per heavy atom. The van der Waals surface area contributed by atoms with E-state index in [1.54, 1.807) is 42.5 Å². The molecule has 0 aromatic heterocycles. The monoisotopic (exact) mass is 627 g/mol. The largest absolute Gasteiger partial charge is 0.492 e. The molecule has 2 amide bonds. The number of anilines is 1. The maximum Gasteiger partial charge on any atom is 0.264 e. The molecule has 0 saturated carbocycles. The van der Waals surface area contributed by atoms with Crippen LogP contribution < -0.4 is 14.4 Å². The third-order valence-corrected chi connectivity index (χ3v) is 8.99. The molecule has 0 aliphatic carbocycles. The van der Waals surface area contributed by atoms with E-state index in [0.717, 1.165) is 21.0 Å². The molecule has 0 unspecified atom stereocenters. The second-order valence-corrected chi connectivity index (χ2v) is 13.0. The van der Waals surface area contributed by atoms with Crippen LogP contribution in [0.4, 0.5) is 5.69 Å². The highest BCUT2D eigenvalue weighted by Gasteiger charge is 2.35. The second kappa shape index (κ2) is 15.4. The highest BCUT2D eigenvalue weighted by atomic mass is 32.2. The fourth-order valence-electron chi connectivity index (χ4n) is 5.00. The molecule has 4 rings (SSSR count). The Morgan fingerprint density at radius 3 is 2.02 bits per heavy atom.